The number of nitrogens with zero attached hydrogens (tertiary/aromatic N) is 3. The summed E-state index contributed by atoms with van der Waals surface area (Å²) in [6.07, 6.45) is 1.61. The van der Waals surface area contributed by atoms with Gasteiger partial charge in [-0.15, -0.1) is 0 Å². The minimum atomic E-state index is 0.721. The minimum Gasteiger partial charge on any atom is -0.403 e. The molecule has 1 aliphatic rings. The fraction of sp³-hybridized carbons (Fsp3) is 0.176. The quantitative estimate of drug-likeness (QED) is 0.873. The first-order valence-electron chi connectivity index (χ1n) is 6.87. The Morgan fingerprint density at radius 3 is 2.24 bits per heavy atom. The molecule has 0 radical (unpaired) electrons. The van der Waals surface area contributed by atoms with Crippen molar-refractivity contribution >= 4 is 22.6 Å². The summed E-state index contributed by atoms with van der Waals surface area (Å²) in [5.41, 5.74) is 12.8. The summed E-state index contributed by atoms with van der Waals surface area (Å²) in [7, 11) is 0. The molecule has 1 aromatic carbocycles. The third-order valence-electron chi connectivity index (χ3n) is 3.62. The molecule has 0 unspecified atom stereocenters. The molecule has 0 atom stereocenters. The minimum absolute atomic E-state index is 0.721. The summed E-state index contributed by atoms with van der Waals surface area (Å²) < 4.78 is 0. The van der Waals surface area contributed by atoms with Crippen molar-refractivity contribution in [2.24, 2.45) is 5.73 Å². The van der Waals surface area contributed by atoms with Crippen LogP contribution in [0.4, 0.5) is 11.4 Å². The molecule has 106 valence electrons. The van der Waals surface area contributed by atoms with E-state index < -0.39 is 0 Å². The van der Waals surface area contributed by atoms with Crippen molar-refractivity contribution in [3.63, 3.8) is 0 Å². The lowest BCUT2D eigenvalue weighted by atomic mass is 10.1. The number of para-hydroxylation sites is 2. The van der Waals surface area contributed by atoms with E-state index in [-0.39, 0.29) is 0 Å². The highest BCUT2D eigenvalue weighted by atomic mass is 15.3. The van der Waals surface area contributed by atoms with E-state index in [4.69, 9.17) is 5.73 Å². The van der Waals surface area contributed by atoms with Gasteiger partial charge in [0, 0.05) is 11.8 Å². The molecule has 0 saturated heterocycles. The highest BCUT2D eigenvalue weighted by molar-refractivity contribution is 6.06. The highest BCUT2D eigenvalue weighted by Crippen LogP contribution is 2.52. The average molecular weight is 278 g/mol. The van der Waals surface area contributed by atoms with Crippen LogP contribution in [0, 0.1) is 13.8 Å². The summed E-state index contributed by atoms with van der Waals surface area (Å²) in [4.78, 5) is 11.2. The van der Waals surface area contributed by atoms with Gasteiger partial charge in [0.1, 0.15) is 5.82 Å². The zero-order chi connectivity index (χ0) is 15.1. The Kier molecular flexibility index (Phi) is 3.01. The lowest BCUT2D eigenvalue weighted by Crippen LogP contribution is -2.10. The van der Waals surface area contributed by atoms with Gasteiger partial charge >= 0.3 is 0 Å². The molecular weight excluding hydrogens is 260 g/mol. The van der Waals surface area contributed by atoms with Crippen LogP contribution in [0.1, 0.15) is 29.7 Å². The Bertz CT molecular complexity index is 751. The normalized spacial score (nSPS) is 13.1. The number of benzene rings is 1. The van der Waals surface area contributed by atoms with Crippen LogP contribution in [0.15, 0.2) is 37.0 Å². The molecular formula is C17H18N4. The molecule has 21 heavy (non-hydrogen) atoms. The van der Waals surface area contributed by atoms with Gasteiger partial charge < -0.3 is 10.6 Å². The van der Waals surface area contributed by atoms with E-state index in [1.807, 2.05) is 32.9 Å². The molecule has 0 spiro atoms. The van der Waals surface area contributed by atoms with Crippen molar-refractivity contribution in [2.75, 3.05) is 4.90 Å². The number of hydrogen-bond acceptors (Lipinski definition) is 4. The molecule has 4 heteroatoms. The van der Waals surface area contributed by atoms with Crippen LogP contribution in [-0.2, 0) is 0 Å². The molecule has 4 nitrogen and oxygen atoms in total. The van der Waals surface area contributed by atoms with Crippen molar-refractivity contribution < 1.29 is 0 Å². The molecule has 0 bridgehead atoms. The average Bonchev–Trinajstić information content (AvgIpc) is 3.17. The van der Waals surface area contributed by atoms with Crippen molar-refractivity contribution in [1.82, 2.24) is 9.97 Å². The topological polar surface area (TPSA) is 54.8 Å². The van der Waals surface area contributed by atoms with E-state index in [1.165, 1.54) is 11.4 Å². The van der Waals surface area contributed by atoms with Gasteiger partial charge in [0.05, 0.1) is 28.5 Å². The summed E-state index contributed by atoms with van der Waals surface area (Å²) in [5, 5.41) is 0. The van der Waals surface area contributed by atoms with Gasteiger partial charge in [-0.1, -0.05) is 18.7 Å². The Morgan fingerprint density at radius 1 is 1.14 bits per heavy atom. The maximum absolute atomic E-state index is 5.88. The van der Waals surface area contributed by atoms with E-state index in [2.05, 4.69) is 33.6 Å². The van der Waals surface area contributed by atoms with E-state index in [1.54, 1.807) is 6.20 Å². The Labute approximate surface area is 124 Å². The first-order valence-corrected chi connectivity index (χ1v) is 6.87. The molecule has 2 aromatic rings. The lowest BCUT2D eigenvalue weighted by Gasteiger charge is -2.15. The second-order valence-electron chi connectivity index (χ2n) is 5.25. The van der Waals surface area contributed by atoms with Crippen LogP contribution in [0.25, 0.3) is 11.3 Å². The lowest BCUT2D eigenvalue weighted by molar-refractivity contribution is 0.991. The van der Waals surface area contributed by atoms with E-state index >= 15 is 0 Å². The highest BCUT2D eigenvalue weighted by Gasteiger charge is 2.33. The predicted octanol–water partition coefficient (Wildman–Crippen LogP) is 3.54. The molecule has 0 saturated carbocycles. The number of hydrogen-bond donors (Lipinski definition) is 1. The summed E-state index contributed by atoms with van der Waals surface area (Å²) >= 11 is 0. The number of anilines is 2. The maximum atomic E-state index is 5.88. The van der Waals surface area contributed by atoms with Crippen LogP contribution in [0.3, 0.4) is 0 Å². The Balaban J connectivity index is 2.10. The van der Waals surface area contributed by atoms with Crippen LogP contribution in [0.2, 0.25) is 0 Å². The summed E-state index contributed by atoms with van der Waals surface area (Å²) in [6, 6.07) is 8.18. The Morgan fingerprint density at radius 2 is 1.71 bits per heavy atom. The third-order valence-corrected chi connectivity index (χ3v) is 3.62. The zero-order valence-corrected chi connectivity index (χ0v) is 12.5. The second kappa shape index (κ2) is 4.74. The maximum Gasteiger partial charge on any atom is 0.126 e. The number of rotatable bonds is 3. The fourth-order valence-corrected chi connectivity index (χ4v) is 2.62. The first kappa shape index (κ1) is 13.4. The molecule has 0 fully saturated rings. The van der Waals surface area contributed by atoms with E-state index in [0.29, 0.717) is 0 Å². The van der Waals surface area contributed by atoms with Crippen molar-refractivity contribution in [3.8, 4) is 0 Å². The number of fused-ring (bicyclic) bond motifs is 1. The molecule has 0 aliphatic carbocycles. The molecule has 3 rings (SSSR count). The van der Waals surface area contributed by atoms with Crippen LogP contribution < -0.4 is 10.6 Å². The second-order valence-corrected chi connectivity index (χ2v) is 5.25. The van der Waals surface area contributed by atoms with E-state index in [0.717, 1.165) is 34.0 Å². The molecule has 1 aromatic heterocycles. The number of aryl methyl sites for hydroxylation is 1. The molecule has 0 amide bonds. The van der Waals surface area contributed by atoms with Crippen molar-refractivity contribution in [3.05, 3.63) is 59.8 Å². The molecule has 2 heterocycles. The van der Waals surface area contributed by atoms with Gasteiger partial charge in [-0.3, -0.25) is 0 Å². The van der Waals surface area contributed by atoms with E-state index in [9.17, 15) is 0 Å². The largest absolute Gasteiger partial charge is 0.403 e. The van der Waals surface area contributed by atoms with Crippen LogP contribution in [-0.4, -0.2) is 9.97 Å². The van der Waals surface area contributed by atoms with Crippen molar-refractivity contribution in [2.45, 2.75) is 20.8 Å². The summed E-state index contributed by atoms with van der Waals surface area (Å²) in [5.74, 6) is 0.721. The molecule has 1 aliphatic heterocycles. The van der Waals surface area contributed by atoms with Gasteiger partial charge in [-0.2, -0.15) is 0 Å². The first-order chi connectivity index (χ1) is 10.0. The zero-order valence-electron chi connectivity index (χ0n) is 12.5. The smallest absolute Gasteiger partial charge is 0.126 e. The number of allylic oxidation sites excluding steroid dienone is 1. The monoisotopic (exact) mass is 278 g/mol. The fourth-order valence-electron chi connectivity index (χ4n) is 2.62. The van der Waals surface area contributed by atoms with Crippen LogP contribution in [0.5, 0.6) is 0 Å². The van der Waals surface area contributed by atoms with Gasteiger partial charge in [0.15, 0.2) is 0 Å². The van der Waals surface area contributed by atoms with Gasteiger partial charge in [0.2, 0.25) is 0 Å². The number of nitrogens with two attached hydrogens (primary N) is 1. The number of aromatic nitrogens is 2. The summed E-state index contributed by atoms with van der Waals surface area (Å²) in [6.45, 7) is 9.85. The SMILES string of the molecule is C=C(C)c1nc(C)nc(/C(=C/N)N2c3ccccc32)c1C. The molecule has 2 N–H and O–H groups in total. The van der Waals surface area contributed by atoms with Crippen molar-refractivity contribution in [1.29, 1.82) is 0 Å². The third kappa shape index (κ3) is 2.09. The Hall–Kier alpha value is -2.62. The predicted molar refractivity (Wildman–Crippen MR) is 87.0 cm³/mol. The van der Waals surface area contributed by atoms with Gasteiger partial charge in [0.25, 0.3) is 0 Å². The standard InChI is InChI=1S/C17H18N4/c1-10(2)16-11(3)17(20-12(4)19-16)15(9-18)21-13-7-5-6-8-14(13)21/h5-9H,1,18H2,2-4H3/b15-9-. The van der Waals surface area contributed by atoms with Gasteiger partial charge in [-0.05, 0) is 38.5 Å². The van der Waals surface area contributed by atoms with Gasteiger partial charge in [-0.25, -0.2) is 9.97 Å². The van der Waals surface area contributed by atoms with Crippen LogP contribution >= 0.6 is 0 Å².